The first-order valence-electron chi connectivity index (χ1n) is 8.79. The molecule has 0 atom stereocenters. The molecule has 0 aromatic heterocycles. The van der Waals surface area contributed by atoms with E-state index < -0.39 is 0 Å². The maximum Gasteiger partial charge on any atom is 0.230 e. The van der Waals surface area contributed by atoms with Crippen molar-refractivity contribution in [1.82, 2.24) is 5.32 Å². The third kappa shape index (κ3) is 7.65. The number of rotatable bonds is 10. The van der Waals surface area contributed by atoms with Crippen LogP contribution in [0.2, 0.25) is 0 Å². The second-order valence-electron chi connectivity index (χ2n) is 6.01. The number of benzene rings is 2. The fourth-order valence-electron chi connectivity index (χ4n) is 2.44. The monoisotopic (exact) mass is 357 g/mol. The Labute approximate surface area is 155 Å². The molecule has 0 spiro atoms. The van der Waals surface area contributed by atoms with E-state index in [0.717, 1.165) is 30.9 Å². The second kappa shape index (κ2) is 10.8. The number of thioether (sulfide) groups is 1. The molecule has 1 N–H and O–H groups in total. The Morgan fingerprint density at radius 1 is 1.04 bits per heavy atom. The molecule has 0 aliphatic carbocycles. The smallest absolute Gasteiger partial charge is 0.230 e. The molecule has 3 nitrogen and oxygen atoms in total. The first-order valence-corrected chi connectivity index (χ1v) is 9.94. The lowest BCUT2D eigenvalue weighted by molar-refractivity contribution is -0.118. The number of carbonyl (C=O) groups excluding carboxylic acids is 1. The van der Waals surface area contributed by atoms with Crippen LogP contribution < -0.4 is 10.1 Å². The highest BCUT2D eigenvalue weighted by Gasteiger charge is 2.02. The van der Waals surface area contributed by atoms with E-state index in [-0.39, 0.29) is 5.91 Å². The quantitative estimate of drug-likeness (QED) is 0.642. The molecule has 2 aromatic carbocycles. The fraction of sp³-hybridized carbons (Fsp3) is 0.381. The Kier molecular flexibility index (Phi) is 8.40. The Morgan fingerprint density at radius 3 is 2.40 bits per heavy atom. The first kappa shape index (κ1) is 19.4. The summed E-state index contributed by atoms with van der Waals surface area (Å²) in [4.78, 5) is 11.9. The number of ether oxygens (including phenoxy) is 1. The van der Waals surface area contributed by atoms with Gasteiger partial charge in [0.2, 0.25) is 5.91 Å². The summed E-state index contributed by atoms with van der Waals surface area (Å²) in [6, 6.07) is 16.6. The van der Waals surface area contributed by atoms with Crippen LogP contribution in [-0.2, 0) is 17.0 Å². The zero-order chi connectivity index (χ0) is 17.9. The highest BCUT2D eigenvalue weighted by Crippen LogP contribution is 2.14. The van der Waals surface area contributed by atoms with E-state index in [0.29, 0.717) is 12.4 Å². The van der Waals surface area contributed by atoms with E-state index in [1.54, 1.807) is 11.8 Å². The lowest BCUT2D eigenvalue weighted by Crippen LogP contribution is -2.26. The predicted octanol–water partition coefficient (Wildman–Crippen LogP) is 4.38. The molecule has 25 heavy (non-hydrogen) atoms. The zero-order valence-electron chi connectivity index (χ0n) is 15.1. The van der Waals surface area contributed by atoms with Gasteiger partial charge in [-0.25, -0.2) is 0 Å². The van der Waals surface area contributed by atoms with E-state index >= 15 is 0 Å². The third-order valence-electron chi connectivity index (χ3n) is 3.82. The molecule has 0 bridgehead atoms. The van der Waals surface area contributed by atoms with E-state index in [1.807, 2.05) is 19.1 Å². The van der Waals surface area contributed by atoms with Crippen LogP contribution >= 0.6 is 11.8 Å². The van der Waals surface area contributed by atoms with Crippen LogP contribution in [0.4, 0.5) is 0 Å². The molecule has 134 valence electrons. The molecule has 0 fully saturated rings. The van der Waals surface area contributed by atoms with E-state index in [9.17, 15) is 4.79 Å². The highest BCUT2D eigenvalue weighted by atomic mass is 32.2. The number of hydrogen-bond acceptors (Lipinski definition) is 3. The summed E-state index contributed by atoms with van der Waals surface area (Å²) < 4.78 is 5.43. The molecule has 0 heterocycles. The molecule has 0 saturated carbocycles. The van der Waals surface area contributed by atoms with Crippen molar-refractivity contribution >= 4 is 17.7 Å². The van der Waals surface area contributed by atoms with Gasteiger partial charge in [0.1, 0.15) is 5.75 Å². The zero-order valence-corrected chi connectivity index (χ0v) is 15.9. The summed E-state index contributed by atoms with van der Waals surface area (Å²) in [5, 5.41) is 3.00. The maximum absolute atomic E-state index is 11.9. The molecule has 1 amide bonds. The van der Waals surface area contributed by atoms with Gasteiger partial charge in [-0.05, 0) is 49.9 Å². The van der Waals surface area contributed by atoms with Gasteiger partial charge in [0.25, 0.3) is 0 Å². The summed E-state index contributed by atoms with van der Waals surface area (Å²) in [5.74, 6) is 2.41. The molecule has 0 aliphatic rings. The molecule has 0 aliphatic heterocycles. The first-order chi connectivity index (χ1) is 12.2. The number of nitrogens with one attached hydrogen (secondary N) is 1. The average Bonchev–Trinajstić information content (AvgIpc) is 2.62. The minimum Gasteiger partial charge on any atom is -0.494 e. The van der Waals surface area contributed by atoms with Crippen molar-refractivity contribution in [2.24, 2.45) is 0 Å². The molecule has 4 heteroatoms. The molecule has 2 aromatic rings. The molecule has 2 rings (SSSR count). The van der Waals surface area contributed by atoms with Gasteiger partial charge < -0.3 is 10.1 Å². The van der Waals surface area contributed by atoms with Gasteiger partial charge in [0.15, 0.2) is 0 Å². The van der Waals surface area contributed by atoms with Crippen molar-refractivity contribution in [1.29, 1.82) is 0 Å². The Balaban J connectivity index is 1.56. The van der Waals surface area contributed by atoms with Crippen molar-refractivity contribution in [3.8, 4) is 5.75 Å². The Bertz CT molecular complexity index is 638. The second-order valence-corrected chi connectivity index (χ2v) is 6.99. The minimum atomic E-state index is 0.115. The largest absolute Gasteiger partial charge is 0.494 e. The van der Waals surface area contributed by atoms with Gasteiger partial charge in [-0.15, -0.1) is 11.8 Å². The maximum atomic E-state index is 11.9. The number of amides is 1. The summed E-state index contributed by atoms with van der Waals surface area (Å²) in [6.07, 6.45) is 1.91. The van der Waals surface area contributed by atoms with Gasteiger partial charge in [0, 0.05) is 12.3 Å². The van der Waals surface area contributed by atoms with E-state index in [2.05, 4.69) is 48.6 Å². The van der Waals surface area contributed by atoms with Crippen LogP contribution in [0.1, 0.15) is 30.0 Å². The highest BCUT2D eigenvalue weighted by molar-refractivity contribution is 7.99. The molecule has 0 saturated heterocycles. The molecular weight excluding hydrogens is 330 g/mol. The van der Waals surface area contributed by atoms with Crippen LogP contribution in [0.25, 0.3) is 0 Å². The van der Waals surface area contributed by atoms with Crippen LogP contribution in [0.3, 0.4) is 0 Å². The van der Waals surface area contributed by atoms with Crippen molar-refractivity contribution in [2.45, 2.75) is 32.4 Å². The van der Waals surface area contributed by atoms with Crippen molar-refractivity contribution in [2.75, 3.05) is 18.9 Å². The van der Waals surface area contributed by atoms with Gasteiger partial charge >= 0.3 is 0 Å². The summed E-state index contributed by atoms with van der Waals surface area (Å²) >= 11 is 1.65. The van der Waals surface area contributed by atoms with Gasteiger partial charge in [-0.1, -0.05) is 42.0 Å². The van der Waals surface area contributed by atoms with E-state index in [4.69, 9.17) is 4.74 Å². The number of carbonyl (C=O) groups is 1. The van der Waals surface area contributed by atoms with Crippen molar-refractivity contribution in [3.63, 3.8) is 0 Å². The normalized spacial score (nSPS) is 10.5. The summed E-state index contributed by atoms with van der Waals surface area (Å²) in [7, 11) is 0. The Hall–Kier alpha value is -1.94. The van der Waals surface area contributed by atoms with Crippen molar-refractivity contribution in [3.05, 3.63) is 65.2 Å². The van der Waals surface area contributed by atoms with Gasteiger partial charge in [-0.2, -0.15) is 0 Å². The van der Waals surface area contributed by atoms with Crippen LogP contribution in [0.15, 0.2) is 48.5 Å². The van der Waals surface area contributed by atoms with Crippen LogP contribution in [0.5, 0.6) is 5.75 Å². The van der Waals surface area contributed by atoms with Crippen LogP contribution in [-0.4, -0.2) is 24.8 Å². The minimum absolute atomic E-state index is 0.115. The summed E-state index contributed by atoms with van der Waals surface area (Å²) in [5.41, 5.74) is 3.80. The molecule has 0 unspecified atom stereocenters. The molecule has 0 radical (unpaired) electrons. The third-order valence-corrected chi connectivity index (χ3v) is 4.83. The summed E-state index contributed by atoms with van der Waals surface area (Å²) in [6.45, 7) is 5.47. The topological polar surface area (TPSA) is 38.3 Å². The predicted molar refractivity (Wildman–Crippen MR) is 106 cm³/mol. The molecular formula is C21H27NO2S. The van der Waals surface area contributed by atoms with Crippen molar-refractivity contribution < 1.29 is 9.53 Å². The SMILES string of the molecule is CCOc1ccc(CCCNC(=O)CSCc2ccc(C)cc2)cc1. The number of hydrogen-bond donors (Lipinski definition) is 1. The lowest BCUT2D eigenvalue weighted by Gasteiger charge is -2.07. The lowest BCUT2D eigenvalue weighted by atomic mass is 10.1. The van der Waals surface area contributed by atoms with Gasteiger partial charge in [-0.3, -0.25) is 4.79 Å². The standard InChI is InChI=1S/C21H27NO2S/c1-3-24-20-12-10-18(11-13-20)5-4-14-22-21(23)16-25-15-19-8-6-17(2)7-9-19/h6-13H,3-5,14-16H2,1-2H3,(H,22,23). The van der Waals surface area contributed by atoms with Gasteiger partial charge in [0.05, 0.1) is 12.4 Å². The Morgan fingerprint density at radius 2 is 1.72 bits per heavy atom. The average molecular weight is 358 g/mol. The number of aryl methyl sites for hydroxylation is 2. The van der Waals surface area contributed by atoms with Crippen LogP contribution in [0, 0.1) is 6.92 Å². The fourth-order valence-corrected chi connectivity index (χ4v) is 3.25. The van der Waals surface area contributed by atoms with E-state index in [1.165, 1.54) is 16.7 Å².